The summed E-state index contributed by atoms with van der Waals surface area (Å²) in [6.45, 7) is 0. The van der Waals surface area contributed by atoms with E-state index < -0.39 is 5.97 Å². The van der Waals surface area contributed by atoms with Crippen molar-refractivity contribution in [2.75, 3.05) is 0 Å². The predicted octanol–water partition coefficient (Wildman–Crippen LogP) is 3.85. The Morgan fingerprint density at radius 3 is 2.38 bits per heavy atom. The van der Waals surface area contributed by atoms with Gasteiger partial charge in [0.25, 0.3) is 0 Å². The first kappa shape index (κ1) is 11.9. The number of hydrogen-bond acceptors (Lipinski definition) is 1. The second-order valence-corrected chi connectivity index (χ2v) is 5.77. The molecule has 2 rings (SSSR count). The van der Waals surface area contributed by atoms with Gasteiger partial charge < -0.3 is 5.11 Å². The lowest BCUT2D eigenvalue weighted by molar-refractivity contribution is -0.137. The van der Waals surface area contributed by atoms with Crippen LogP contribution in [0.5, 0.6) is 0 Å². The molecule has 2 aliphatic rings. The molecule has 2 saturated carbocycles. The van der Waals surface area contributed by atoms with Crippen LogP contribution in [-0.2, 0) is 4.79 Å². The van der Waals surface area contributed by atoms with Crippen molar-refractivity contribution in [1.82, 2.24) is 0 Å². The molecule has 0 amide bonds. The lowest BCUT2D eigenvalue weighted by Crippen LogP contribution is -2.06. The van der Waals surface area contributed by atoms with E-state index in [0.29, 0.717) is 6.42 Å². The van der Waals surface area contributed by atoms with Gasteiger partial charge in [0.1, 0.15) is 0 Å². The molecule has 0 aliphatic heterocycles. The number of carboxylic acid groups (broad SMARTS) is 1. The summed E-state index contributed by atoms with van der Waals surface area (Å²) in [7, 11) is 0. The molecular formula is C14H24O2. The first-order valence-electron chi connectivity index (χ1n) is 6.97. The second kappa shape index (κ2) is 5.70. The summed E-state index contributed by atoms with van der Waals surface area (Å²) in [5.41, 5.74) is 0. The maximum absolute atomic E-state index is 10.4. The van der Waals surface area contributed by atoms with Crippen LogP contribution in [0.3, 0.4) is 0 Å². The summed E-state index contributed by atoms with van der Waals surface area (Å²) in [6, 6.07) is 0. The zero-order valence-corrected chi connectivity index (χ0v) is 10.2. The Bertz CT molecular complexity index is 231. The minimum absolute atomic E-state index is 0.380. The fraction of sp³-hybridized carbons (Fsp3) is 0.929. The molecule has 92 valence electrons. The molecule has 0 spiro atoms. The van der Waals surface area contributed by atoms with Gasteiger partial charge in [-0.15, -0.1) is 0 Å². The van der Waals surface area contributed by atoms with Crippen LogP contribution >= 0.6 is 0 Å². The SMILES string of the molecule is O=C(O)CC[C@@H]1C[C@H]1CCC1CCCCC1. The topological polar surface area (TPSA) is 37.3 Å². The summed E-state index contributed by atoms with van der Waals surface area (Å²) in [6.07, 6.45) is 12.6. The summed E-state index contributed by atoms with van der Waals surface area (Å²) in [5, 5.41) is 8.61. The summed E-state index contributed by atoms with van der Waals surface area (Å²) < 4.78 is 0. The third kappa shape index (κ3) is 3.80. The molecule has 1 N–H and O–H groups in total. The van der Waals surface area contributed by atoms with Gasteiger partial charge in [-0.1, -0.05) is 38.5 Å². The van der Waals surface area contributed by atoms with Crippen LogP contribution in [0.4, 0.5) is 0 Å². The van der Waals surface area contributed by atoms with E-state index >= 15 is 0 Å². The molecule has 2 heteroatoms. The van der Waals surface area contributed by atoms with Gasteiger partial charge in [-0.25, -0.2) is 0 Å². The van der Waals surface area contributed by atoms with Crippen molar-refractivity contribution in [3.63, 3.8) is 0 Å². The highest BCUT2D eigenvalue weighted by atomic mass is 16.4. The summed E-state index contributed by atoms with van der Waals surface area (Å²) in [4.78, 5) is 10.4. The van der Waals surface area contributed by atoms with Crippen LogP contribution in [0.1, 0.15) is 64.2 Å². The number of carbonyl (C=O) groups is 1. The maximum atomic E-state index is 10.4. The fourth-order valence-electron chi connectivity index (χ4n) is 3.25. The Morgan fingerprint density at radius 1 is 1.00 bits per heavy atom. The van der Waals surface area contributed by atoms with Crippen molar-refractivity contribution < 1.29 is 9.90 Å². The molecule has 2 nitrogen and oxygen atoms in total. The highest BCUT2D eigenvalue weighted by Gasteiger charge is 2.36. The van der Waals surface area contributed by atoms with Crippen LogP contribution in [0.2, 0.25) is 0 Å². The van der Waals surface area contributed by atoms with Gasteiger partial charge in [0.15, 0.2) is 0 Å². The molecule has 0 aromatic heterocycles. The van der Waals surface area contributed by atoms with Gasteiger partial charge in [0, 0.05) is 6.42 Å². The van der Waals surface area contributed by atoms with E-state index in [2.05, 4.69) is 0 Å². The van der Waals surface area contributed by atoms with E-state index in [0.717, 1.165) is 24.2 Å². The fourth-order valence-corrected chi connectivity index (χ4v) is 3.25. The third-order valence-corrected chi connectivity index (χ3v) is 4.47. The molecule has 2 aliphatic carbocycles. The summed E-state index contributed by atoms with van der Waals surface area (Å²) in [5.74, 6) is 1.99. The average Bonchev–Trinajstić information content (AvgIpc) is 3.04. The predicted molar refractivity (Wildman–Crippen MR) is 64.3 cm³/mol. The highest BCUT2D eigenvalue weighted by Crippen LogP contribution is 2.46. The average molecular weight is 224 g/mol. The molecular weight excluding hydrogens is 200 g/mol. The first-order chi connectivity index (χ1) is 7.75. The summed E-state index contributed by atoms with van der Waals surface area (Å²) >= 11 is 0. The Labute approximate surface area is 98.4 Å². The van der Waals surface area contributed by atoms with E-state index in [9.17, 15) is 4.79 Å². The van der Waals surface area contributed by atoms with Crippen LogP contribution in [-0.4, -0.2) is 11.1 Å². The van der Waals surface area contributed by atoms with Crippen molar-refractivity contribution in [2.45, 2.75) is 64.2 Å². The molecule has 2 fully saturated rings. The molecule has 0 radical (unpaired) electrons. The van der Waals surface area contributed by atoms with Gasteiger partial charge >= 0.3 is 5.97 Å². The standard InChI is InChI=1S/C14H24O2/c15-14(16)9-8-13-10-12(13)7-6-11-4-2-1-3-5-11/h11-13H,1-10H2,(H,15,16)/t12-,13-/m1/s1. The lowest BCUT2D eigenvalue weighted by atomic mass is 9.85. The van der Waals surface area contributed by atoms with E-state index in [1.807, 2.05) is 0 Å². The Balaban J connectivity index is 1.53. The molecule has 0 unspecified atom stereocenters. The van der Waals surface area contributed by atoms with E-state index in [1.54, 1.807) is 0 Å². The van der Waals surface area contributed by atoms with Crippen LogP contribution < -0.4 is 0 Å². The minimum Gasteiger partial charge on any atom is -0.481 e. The Kier molecular flexibility index (Phi) is 4.25. The second-order valence-electron chi connectivity index (χ2n) is 5.77. The molecule has 0 aromatic carbocycles. The minimum atomic E-state index is -0.627. The number of hydrogen-bond donors (Lipinski definition) is 1. The van der Waals surface area contributed by atoms with Crippen molar-refractivity contribution in [3.8, 4) is 0 Å². The van der Waals surface area contributed by atoms with Crippen LogP contribution in [0.25, 0.3) is 0 Å². The van der Waals surface area contributed by atoms with E-state index in [1.165, 1.54) is 51.4 Å². The van der Waals surface area contributed by atoms with Gasteiger partial charge in [-0.2, -0.15) is 0 Å². The monoisotopic (exact) mass is 224 g/mol. The first-order valence-corrected chi connectivity index (χ1v) is 6.97. The van der Waals surface area contributed by atoms with E-state index in [-0.39, 0.29) is 0 Å². The molecule has 0 heterocycles. The molecule has 0 aromatic rings. The normalized spacial score (nSPS) is 30.2. The van der Waals surface area contributed by atoms with Gasteiger partial charge in [-0.05, 0) is 37.0 Å². The highest BCUT2D eigenvalue weighted by molar-refractivity contribution is 5.66. The van der Waals surface area contributed by atoms with Crippen LogP contribution in [0.15, 0.2) is 0 Å². The van der Waals surface area contributed by atoms with Gasteiger partial charge in [0.05, 0.1) is 0 Å². The van der Waals surface area contributed by atoms with Crippen molar-refractivity contribution in [3.05, 3.63) is 0 Å². The number of rotatable bonds is 6. The molecule has 16 heavy (non-hydrogen) atoms. The van der Waals surface area contributed by atoms with Crippen molar-refractivity contribution in [1.29, 1.82) is 0 Å². The van der Waals surface area contributed by atoms with Gasteiger partial charge in [0.2, 0.25) is 0 Å². The van der Waals surface area contributed by atoms with Crippen molar-refractivity contribution >= 4 is 5.97 Å². The lowest BCUT2D eigenvalue weighted by Gasteiger charge is -2.21. The molecule has 0 bridgehead atoms. The Morgan fingerprint density at radius 2 is 1.69 bits per heavy atom. The van der Waals surface area contributed by atoms with Crippen LogP contribution in [0, 0.1) is 17.8 Å². The van der Waals surface area contributed by atoms with Crippen molar-refractivity contribution in [2.24, 2.45) is 17.8 Å². The van der Waals surface area contributed by atoms with Gasteiger partial charge in [-0.3, -0.25) is 4.79 Å². The molecule has 2 atom stereocenters. The zero-order chi connectivity index (χ0) is 11.4. The zero-order valence-electron chi connectivity index (χ0n) is 10.2. The Hall–Kier alpha value is -0.530. The maximum Gasteiger partial charge on any atom is 0.303 e. The van der Waals surface area contributed by atoms with E-state index in [4.69, 9.17) is 5.11 Å². The number of carboxylic acids is 1. The smallest absolute Gasteiger partial charge is 0.303 e. The molecule has 0 saturated heterocycles. The largest absolute Gasteiger partial charge is 0.481 e. The third-order valence-electron chi connectivity index (χ3n) is 4.47. The number of aliphatic carboxylic acids is 1. The quantitative estimate of drug-likeness (QED) is 0.744.